The zero-order chi connectivity index (χ0) is 11.3. The van der Waals surface area contributed by atoms with Crippen molar-refractivity contribution in [1.82, 2.24) is 5.32 Å². The van der Waals surface area contributed by atoms with Crippen LogP contribution in [0.1, 0.15) is 25.5 Å². The highest BCUT2D eigenvalue weighted by Gasteiger charge is 2.04. The van der Waals surface area contributed by atoms with Crippen LogP contribution in [-0.4, -0.2) is 13.7 Å². The maximum atomic E-state index is 5.19. The van der Waals surface area contributed by atoms with Crippen LogP contribution in [0.15, 0.2) is 36.4 Å². The minimum absolute atomic E-state index is 0.316. The average Bonchev–Trinajstić information content (AvgIpc) is 2.26. The van der Waals surface area contributed by atoms with Gasteiger partial charge in [0.2, 0.25) is 0 Å². The van der Waals surface area contributed by atoms with Gasteiger partial charge in [0.05, 0.1) is 7.11 Å². The molecule has 0 saturated heterocycles. The third-order valence-corrected chi connectivity index (χ3v) is 2.30. The molecule has 1 unspecified atom stereocenters. The molecule has 1 aromatic carbocycles. The summed E-state index contributed by atoms with van der Waals surface area (Å²) < 4.78 is 5.19. The first kappa shape index (κ1) is 11.8. The summed E-state index contributed by atoms with van der Waals surface area (Å²) in [5.41, 5.74) is 2.38. The number of ether oxygens (including phenoxy) is 1. The molecule has 1 rings (SSSR count). The molecule has 0 amide bonds. The topological polar surface area (TPSA) is 21.3 Å². The molecule has 2 nitrogen and oxygen atoms in total. The summed E-state index contributed by atoms with van der Waals surface area (Å²) in [7, 11) is 1.69. The SMILES string of the molecule is C=C(C)CNC(C)c1cccc(OC)c1. The Bertz CT molecular complexity index is 333. The van der Waals surface area contributed by atoms with E-state index < -0.39 is 0 Å². The van der Waals surface area contributed by atoms with E-state index in [0.717, 1.165) is 17.9 Å². The summed E-state index contributed by atoms with van der Waals surface area (Å²) in [6, 6.07) is 8.42. The van der Waals surface area contributed by atoms with E-state index in [0.29, 0.717) is 6.04 Å². The molecular formula is C13H19NO. The van der Waals surface area contributed by atoms with Gasteiger partial charge in [0.1, 0.15) is 5.75 Å². The molecule has 0 bridgehead atoms. The van der Waals surface area contributed by atoms with Crippen molar-refractivity contribution in [3.63, 3.8) is 0 Å². The number of methoxy groups -OCH3 is 1. The van der Waals surface area contributed by atoms with Crippen LogP contribution in [-0.2, 0) is 0 Å². The molecule has 0 aliphatic rings. The summed E-state index contributed by atoms with van der Waals surface area (Å²) in [4.78, 5) is 0. The van der Waals surface area contributed by atoms with E-state index >= 15 is 0 Å². The van der Waals surface area contributed by atoms with Crippen molar-refractivity contribution < 1.29 is 4.74 Å². The van der Waals surface area contributed by atoms with Crippen molar-refractivity contribution in [1.29, 1.82) is 0 Å². The molecule has 0 aromatic heterocycles. The Morgan fingerprint density at radius 3 is 2.87 bits per heavy atom. The van der Waals surface area contributed by atoms with Crippen LogP contribution in [0, 0.1) is 0 Å². The predicted octanol–water partition coefficient (Wildman–Crippen LogP) is 2.92. The molecule has 0 spiro atoms. The van der Waals surface area contributed by atoms with Crippen molar-refractivity contribution in [2.75, 3.05) is 13.7 Å². The third-order valence-electron chi connectivity index (χ3n) is 2.30. The van der Waals surface area contributed by atoms with Crippen LogP contribution in [0.5, 0.6) is 5.75 Å². The first-order chi connectivity index (χ1) is 7.13. The van der Waals surface area contributed by atoms with Crippen molar-refractivity contribution in [3.05, 3.63) is 42.0 Å². The van der Waals surface area contributed by atoms with Gasteiger partial charge < -0.3 is 10.1 Å². The second-order valence-electron chi connectivity index (χ2n) is 3.84. The fourth-order valence-corrected chi connectivity index (χ4v) is 1.36. The highest BCUT2D eigenvalue weighted by Crippen LogP contribution is 2.18. The number of hydrogen-bond donors (Lipinski definition) is 1. The van der Waals surface area contributed by atoms with Gasteiger partial charge in [0.25, 0.3) is 0 Å². The van der Waals surface area contributed by atoms with E-state index in [1.54, 1.807) is 7.11 Å². The quantitative estimate of drug-likeness (QED) is 0.746. The Morgan fingerprint density at radius 2 is 2.27 bits per heavy atom. The molecule has 1 atom stereocenters. The fourth-order valence-electron chi connectivity index (χ4n) is 1.36. The van der Waals surface area contributed by atoms with E-state index in [4.69, 9.17) is 4.74 Å². The lowest BCUT2D eigenvalue weighted by molar-refractivity contribution is 0.413. The highest BCUT2D eigenvalue weighted by molar-refractivity contribution is 5.30. The maximum absolute atomic E-state index is 5.19. The zero-order valence-electron chi connectivity index (χ0n) is 9.71. The maximum Gasteiger partial charge on any atom is 0.119 e. The zero-order valence-corrected chi connectivity index (χ0v) is 9.71. The molecule has 0 saturated carbocycles. The molecule has 0 aliphatic carbocycles. The minimum atomic E-state index is 0.316. The van der Waals surface area contributed by atoms with Gasteiger partial charge in [-0.15, -0.1) is 0 Å². The standard InChI is InChI=1S/C13H19NO/c1-10(2)9-14-11(3)12-6-5-7-13(8-12)15-4/h5-8,11,14H,1,9H2,2-4H3. The Labute approximate surface area is 92.0 Å². The Hall–Kier alpha value is -1.28. The molecule has 1 N–H and O–H groups in total. The molecule has 0 radical (unpaired) electrons. The number of nitrogens with one attached hydrogen (secondary N) is 1. The first-order valence-electron chi connectivity index (χ1n) is 5.15. The van der Waals surface area contributed by atoms with E-state index in [9.17, 15) is 0 Å². The van der Waals surface area contributed by atoms with Gasteiger partial charge in [-0.25, -0.2) is 0 Å². The van der Waals surface area contributed by atoms with Crippen LogP contribution in [0.2, 0.25) is 0 Å². The van der Waals surface area contributed by atoms with E-state index in [1.165, 1.54) is 5.56 Å². The van der Waals surface area contributed by atoms with Gasteiger partial charge in [-0.2, -0.15) is 0 Å². The van der Waals surface area contributed by atoms with Crippen molar-refractivity contribution in [3.8, 4) is 5.75 Å². The second-order valence-corrected chi connectivity index (χ2v) is 3.84. The lowest BCUT2D eigenvalue weighted by Crippen LogP contribution is -2.20. The smallest absolute Gasteiger partial charge is 0.119 e. The lowest BCUT2D eigenvalue weighted by Gasteiger charge is -2.14. The van der Waals surface area contributed by atoms with Crippen molar-refractivity contribution >= 4 is 0 Å². The molecule has 0 aliphatic heterocycles. The fraction of sp³-hybridized carbons (Fsp3) is 0.385. The van der Waals surface area contributed by atoms with Gasteiger partial charge in [-0.05, 0) is 31.5 Å². The van der Waals surface area contributed by atoms with Gasteiger partial charge >= 0.3 is 0 Å². The average molecular weight is 205 g/mol. The molecule has 15 heavy (non-hydrogen) atoms. The largest absolute Gasteiger partial charge is 0.497 e. The van der Waals surface area contributed by atoms with Gasteiger partial charge in [0, 0.05) is 12.6 Å². The van der Waals surface area contributed by atoms with Crippen molar-refractivity contribution in [2.24, 2.45) is 0 Å². The van der Waals surface area contributed by atoms with E-state index in [1.807, 2.05) is 19.1 Å². The predicted molar refractivity (Wildman–Crippen MR) is 64.2 cm³/mol. The Kier molecular flexibility index (Phi) is 4.37. The molecule has 2 heteroatoms. The first-order valence-corrected chi connectivity index (χ1v) is 5.15. The van der Waals surface area contributed by atoms with Crippen LogP contribution in [0.4, 0.5) is 0 Å². The lowest BCUT2D eigenvalue weighted by atomic mass is 10.1. The normalized spacial score (nSPS) is 12.2. The monoisotopic (exact) mass is 205 g/mol. The number of benzene rings is 1. The number of hydrogen-bond acceptors (Lipinski definition) is 2. The van der Waals surface area contributed by atoms with E-state index in [2.05, 4.69) is 31.0 Å². The summed E-state index contributed by atoms with van der Waals surface area (Å²) in [6.45, 7) is 8.87. The Morgan fingerprint density at radius 1 is 1.53 bits per heavy atom. The van der Waals surface area contributed by atoms with Crippen molar-refractivity contribution in [2.45, 2.75) is 19.9 Å². The summed E-state index contributed by atoms with van der Waals surface area (Å²) in [6.07, 6.45) is 0. The summed E-state index contributed by atoms with van der Waals surface area (Å²) in [5.74, 6) is 0.900. The van der Waals surface area contributed by atoms with Crippen LogP contribution in [0.25, 0.3) is 0 Å². The van der Waals surface area contributed by atoms with E-state index in [-0.39, 0.29) is 0 Å². The second kappa shape index (κ2) is 5.56. The highest BCUT2D eigenvalue weighted by atomic mass is 16.5. The van der Waals surface area contributed by atoms with Gasteiger partial charge in [-0.1, -0.05) is 24.3 Å². The molecule has 0 heterocycles. The third kappa shape index (κ3) is 3.76. The summed E-state index contributed by atoms with van der Waals surface area (Å²) >= 11 is 0. The van der Waals surface area contributed by atoms with Crippen LogP contribution in [0.3, 0.4) is 0 Å². The molecule has 1 aromatic rings. The van der Waals surface area contributed by atoms with Crippen LogP contribution < -0.4 is 10.1 Å². The van der Waals surface area contributed by atoms with Crippen LogP contribution >= 0.6 is 0 Å². The molecule has 0 fully saturated rings. The molecule has 82 valence electrons. The van der Waals surface area contributed by atoms with Gasteiger partial charge in [-0.3, -0.25) is 0 Å². The Balaban J connectivity index is 2.64. The number of rotatable bonds is 5. The van der Waals surface area contributed by atoms with Gasteiger partial charge in [0.15, 0.2) is 0 Å². The summed E-state index contributed by atoms with van der Waals surface area (Å²) in [5, 5.41) is 3.39. The minimum Gasteiger partial charge on any atom is -0.497 e. The molecular weight excluding hydrogens is 186 g/mol.